The molecule has 2 aliphatic rings. The van der Waals surface area contributed by atoms with E-state index in [2.05, 4.69) is 60.0 Å². The summed E-state index contributed by atoms with van der Waals surface area (Å²) in [6.07, 6.45) is 0.0835. The molecule has 18 heteroatoms. The molecule has 4 aromatic rings. The van der Waals surface area contributed by atoms with Crippen molar-refractivity contribution in [2.24, 2.45) is 16.2 Å². The van der Waals surface area contributed by atoms with Crippen molar-refractivity contribution in [2.45, 2.75) is 144 Å². The summed E-state index contributed by atoms with van der Waals surface area (Å²) in [4.78, 5) is 74.6. The van der Waals surface area contributed by atoms with E-state index in [0.717, 1.165) is 40.2 Å². The van der Waals surface area contributed by atoms with Crippen LogP contribution in [0.1, 0.15) is 128 Å². The number of aromatic nitrogens is 1. The fraction of sp³-hybridized carbons (Fsp3) is 0.518. The number of aryl methyl sites for hydroxylation is 1. The van der Waals surface area contributed by atoms with Crippen LogP contribution in [0.5, 0.6) is 5.75 Å². The minimum absolute atomic E-state index is 0.0483. The molecule has 1 aliphatic carbocycles. The lowest BCUT2D eigenvalue weighted by Crippen LogP contribution is -2.74. The molecule has 74 heavy (non-hydrogen) atoms. The third-order valence-electron chi connectivity index (χ3n) is 13.7. The monoisotopic (exact) mass is 1050 g/mol. The predicted octanol–water partition coefficient (Wildman–Crippen LogP) is 9.79. The number of halogens is 1. The Labute approximate surface area is 444 Å². The molecule has 1 aliphatic heterocycles. The second-order valence-corrected chi connectivity index (χ2v) is 23.1. The van der Waals surface area contributed by atoms with Crippen LogP contribution in [0.2, 0.25) is 5.02 Å². The second kappa shape index (κ2) is 24.4. The molecule has 2 fully saturated rings. The number of thiazole rings is 1. The van der Waals surface area contributed by atoms with Gasteiger partial charge in [-0.15, -0.1) is 11.3 Å². The van der Waals surface area contributed by atoms with Gasteiger partial charge < -0.3 is 45.1 Å². The van der Waals surface area contributed by atoms with Gasteiger partial charge in [-0.25, -0.2) is 9.78 Å². The van der Waals surface area contributed by atoms with Gasteiger partial charge >= 0.3 is 6.16 Å². The van der Waals surface area contributed by atoms with E-state index < -0.39 is 59.6 Å². The molecule has 0 spiro atoms. The third kappa shape index (κ3) is 14.1. The van der Waals surface area contributed by atoms with Gasteiger partial charge in [0, 0.05) is 53.8 Å². The van der Waals surface area contributed by atoms with Gasteiger partial charge in [0.15, 0.2) is 0 Å². The number of carbonyl (C=O) groups excluding carboxylic acids is 5. The van der Waals surface area contributed by atoms with Crippen LogP contribution in [0, 0.1) is 34.5 Å². The van der Waals surface area contributed by atoms with Crippen LogP contribution in [0.3, 0.4) is 0 Å². The van der Waals surface area contributed by atoms with Crippen molar-refractivity contribution in [3.8, 4) is 22.3 Å². The van der Waals surface area contributed by atoms with E-state index in [4.69, 9.17) is 30.5 Å². The van der Waals surface area contributed by atoms with Gasteiger partial charge in [-0.1, -0.05) is 84.3 Å². The molecule has 16 nitrogen and oxygen atoms in total. The molecule has 0 radical (unpaired) electrons. The second-order valence-electron chi connectivity index (χ2n) is 21.8. The lowest BCUT2D eigenvalue weighted by Gasteiger charge is -2.63. The van der Waals surface area contributed by atoms with Gasteiger partial charge in [-0.2, -0.15) is 5.26 Å². The quantitative estimate of drug-likeness (QED) is 0.0454. The molecule has 398 valence electrons. The Morgan fingerprint density at radius 1 is 0.932 bits per heavy atom. The summed E-state index contributed by atoms with van der Waals surface area (Å²) in [7, 11) is 0. The van der Waals surface area contributed by atoms with Crippen molar-refractivity contribution in [1.82, 2.24) is 25.8 Å². The van der Waals surface area contributed by atoms with E-state index >= 15 is 0 Å². The van der Waals surface area contributed by atoms with E-state index in [-0.39, 0.29) is 48.5 Å². The van der Waals surface area contributed by atoms with Crippen LogP contribution in [0.15, 0.2) is 72.2 Å². The Bertz CT molecular complexity index is 2640. The van der Waals surface area contributed by atoms with E-state index in [9.17, 15) is 29.2 Å². The molecule has 4 atom stereocenters. The minimum Gasteiger partial charge on any atom is -0.489 e. The first kappa shape index (κ1) is 57.1. The molecule has 6 rings (SSSR count). The average Bonchev–Trinajstić information content (AvgIpc) is 3.97. The first-order valence-corrected chi connectivity index (χ1v) is 26.5. The predicted molar refractivity (Wildman–Crippen MR) is 286 cm³/mol. The van der Waals surface area contributed by atoms with Crippen LogP contribution >= 0.6 is 22.9 Å². The maximum atomic E-state index is 14.5. The molecule has 1 saturated carbocycles. The van der Waals surface area contributed by atoms with Gasteiger partial charge in [-0.3, -0.25) is 19.2 Å². The number of carbonyl (C=O) groups is 5. The SMILES string of the molecule is Cc1ncsc1-c1ccc([C@H](C)NC(=O)[C@@H]2C[C@@H](OC(=O)OC(C)C)CN2C(=O)[C@@H](NC(=O)COCCCCCNc2ccc(C(=O)N[C@H]3C(C)(C)[C@H](Oc4ccc(C#N)c(Cl)c4)C3(C)C)cc2)C(C)(C)C)cc1. The van der Waals surface area contributed by atoms with Gasteiger partial charge in [0.1, 0.15) is 42.7 Å². The number of amides is 4. The summed E-state index contributed by atoms with van der Waals surface area (Å²) < 4.78 is 22.9. The summed E-state index contributed by atoms with van der Waals surface area (Å²) >= 11 is 7.81. The highest BCUT2D eigenvalue weighted by Crippen LogP contribution is 2.55. The number of rotatable bonds is 21. The van der Waals surface area contributed by atoms with Crippen molar-refractivity contribution < 1.29 is 42.9 Å². The van der Waals surface area contributed by atoms with Crippen LogP contribution in [0.25, 0.3) is 10.4 Å². The summed E-state index contributed by atoms with van der Waals surface area (Å²) in [5, 5.41) is 22.1. The highest BCUT2D eigenvalue weighted by atomic mass is 35.5. The van der Waals surface area contributed by atoms with Crippen LogP contribution in [0.4, 0.5) is 10.5 Å². The highest BCUT2D eigenvalue weighted by Gasteiger charge is 2.64. The summed E-state index contributed by atoms with van der Waals surface area (Å²) in [5.74, 6) is -0.967. The van der Waals surface area contributed by atoms with Gasteiger partial charge in [0.25, 0.3) is 5.91 Å². The van der Waals surface area contributed by atoms with Crippen molar-refractivity contribution in [1.29, 1.82) is 5.26 Å². The fourth-order valence-electron chi connectivity index (χ4n) is 10.1. The normalized spacial score (nSPS) is 19.5. The molecular weight excluding hydrogens is 982 g/mol. The third-order valence-corrected chi connectivity index (χ3v) is 15.0. The summed E-state index contributed by atoms with van der Waals surface area (Å²) in [6.45, 7) is 21.7. The molecular formula is C56H72ClN7O9S. The number of benzene rings is 3. The molecule has 1 saturated heterocycles. The smallest absolute Gasteiger partial charge is 0.489 e. The fourth-order valence-corrected chi connectivity index (χ4v) is 11.1. The van der Waals surface area contributed by atoms with Crippen molar-refractivity contribution in [3.63, 3.8) is 0 Å². The zero-order valence-electron chi connectivity index (χ0n) is 44.4. The minimum atomic E-state index is -1.03. The van der Waals surface area contributed by atoms with E-state index in [1.54, 1.807) is 61.0 Å². The Kier molecular flexibility index (Phi) is 18.8. The Morgan fingerprint density at radius 3 is 2.23 bits per heavy atom. The Balaban J connectivity index is 0.935. The molecule has 4 N–H and O–H groups in total. The number of hydrogen-bond donors (Lipinski definition) is 4. The zero-order chi connectivity index (χ0) is 54.1. The van der Waals surface area contributed by atoms with Crippen LogP contribution in [-0.2, 0) is 28.6 Å². The number of hydrogen-bond acceptors (Lipinski definition) is 13. The van der Waals surface area contributed by atoms with Crippen molar-refractivity contribution in [2.75, 3.05) is 31.6 Å². The summed E-state index contributed by atoms with van der Waals surface area (Å²) in [5.41, 5.74) is 4.92. The number of nitrogens with one attached hydrogen (secondary N) is 4. The topological polar surface area (TPSA) is 210 Å². The van der Waals surface area contributed by atoms with E-state index in [1.807, 2.05) is 71.0 Å². The largest absolute Gasteiger partial charge is 0.508 e. The molecule has 4 amide bonds. The number of nitriles is 1. The maximum Gasteiger partial charge on any atom is 0.508 e. The van der Waals surface area contributed by atoms with E-state index in [1.165, 1.54) is 4.90 Å². The molecule has 2 heterocycles. The average molecular weight is 1050 g/mol. The lowest BCUT2D eigenvalue weighted by atomic mass is 9.49. The number of ether oxygens (including phenoxy) is 4. The molecule has 0 unspecified atom stereocenters. The molecule has 1 aromatic heterocycles. The highest BCUT2D eigenvalue weighted by molar-refractivity contribution is 7.13. The van der Waals surface area contributed by atoms with E-state index in [0.29, 0.717) is 41.5 Å². The Morgan fingerprint density at radius 2 is 1.62 bits per heavy atom. The number of likely N-dealkylation sites (tertiary alicyclic amines) is 1. The van der Waals surface area contributed by atoms with Gasteiger partial charge in [0.2, 0.25) is 17.7 Å². The summed E-state index contributed by atoms with van der Waals surface area (Å²) in [6, 6.07) is 19.7. The number of unbranched alkanes of at least 4 members (excludes halogenated alkanes) is 2. The first-order valence-electron chi connectivity index (χ1n) is 25.3. The van der Waals surface area contributed by atoms with Crippen LogP contribution < -0.4 is 26.0 Å². The van der Waals surface area contributed by atoms with Gasteiger partial charge in [0.05, 0.1) is 45.4 Å². The molecule has 0 bridgehead atoms. The van der Waals surface area contributed by atoms with Crippen molar-refractivity contribution in [3.05, 3.63) is 99.6 Å². The zero-order valence-corrected chi connectivity index (χ0v) is 46.0. The van der Waals surface area contributed by atoms with Crippen molar-refractivity contribution >= 4 is 58.4 Å². The van der Waals surface area contributed by atoms with Crippen LogP contribution in [-0.4, -0.2) is 102 Å². The first-order chi connectivity index (χ1) is 34.9. The molecule has 3 aromatic carbocycles. The lowest BCUT2D eigenvalue weighted by molar-refractivity contribution is -0.164. The van der Waals surface area contributed by atoms with Gasteiger partial charge in [-0.05, 0) is 99.9 Å². The number of anilines is 1. The maximum absolute atomic E-state index is 14.5. The Hall–Kier alpha value is -6.22. The number of nitrogens with zero attached hydrogens (tertiary/aromatic N) is 3. The standard InChI is InChI=1S/C56H72ClN7O9S/c1-33(2)71-53(69)73-42-28-44(49(67)61-34(3)36-15-17-37(18-16-36)46-35(4)60-32-74-46)64(30-42)50(68)47(54(5,6)7)62-45(65)31-70-26-14-12-13-25-59-40-22-19-38(20-23-40)48(66)63-51-55(8,9)52(56(51,10)11)72-41-24-21-39(29-58)43(57)27-41/h15-24,27,32-34,42,44,47,51-52,59H,12-14,25-26,28,30-31H2,1-11H3,(H,61,67)(H,62,65)(H,63,66)/t34-,42+,44-,47+,51-,52-/m0/s1.